The maximum atomic E-state index is 12.7. The Morgan fingerprint density at radius 1 is 1.19 bits per heavy atom. The molecule has 1 aliphatic rings. The minimum atomic E-state index is -0.326. The van der Waals surface area contributed by atoms with E-state index >= 15 is 0 Å². The number of nitrogens with one attached hydrogen (secondary N) is 2. The van der Waals surface area contributed by atoms with Crippen LogP contribution in [0.1, 0.15) is 39.6 Å². The molecule has 2 amide bonds. The SMILES string of the molecule is CN(C)CCNC(=O)c1nc(C(=O)Nc2ccc(Cl)cc2)n2c1CCCC2. The van der Waals surface area contributed by atoms with E-state index in [-0.39, 0.29) is 17.6 Å². The summed E-state index contributed by atoms with van der Waals surface area (Å²) in [5, 5.41) is 6.31. The van der Waals surface area contributed by atoms with Gasteiger partial charge in [-0.15, -0.1) is 0 Å². The fraction of sp³-hybridized carbons (Fsp3) is 0.421. The van der Waals surface area contributed by atoms with Gasteiger partial charge in [-0.2, -0.15) is 0 Å². The van der Waals surface area contributed by atoms with E-state index in [2.05, 4.69) is 15.6 Å². The van der Waals surface area contributed by atoms with Crippen molar-refractivity contribution >= 4 is 29.1 Å². The minimum Gasteiger partial charge on any atom is -0.349 e. The lowest BCUT2D eigenvalue weighted by Gasteiger charge is -2.17. The molecule has 2 aromatic rings. The zero-order valence-corrected chi connectivity index (χ0v) is 16.3. The van der Waals surface area contributed by atoms with E-state index in [0.717, 1.165) is 31.5 Å². The van der Waals surface area contributed by atoms with Gasteiger partial charge in [0, 0.05) is 30.3 Å². The van der Waals surface area contributed by atoms with Crippen LogP contribution in [-0.4, -0.2) is 53.5 Å². The smallest absolute Gasteiger partial charge is 0.291 e. The number of anilines is 1. The first-order valence-electron chi connectivity index (χ1n) is 9.05. The van der Waals surface area contributed by atoms with Gasteiger partial charge in [0.15, 0.2) is 5.82 Å². The van der Waals surface area contributed by atoms with Gasteiger partial charge < -0.3 is 20.1 Å². The van der Waals surface area contributed by atoms with E-state index in [1.165, 1.54) is 0 Å². The molecule has 0 aliphatic carbocycles. The molecule has 0 saturated carbocycles. The van der Waals surface area contributed by atoms with Crippen molar-refractivity contribution in [1.82, 2.24) is 19.8 Å². The van der Waals surface area contributed by atoms with E-state index in [1.54, 1.807) is 24.3 Å². The van der Waals surface area contributed by atoms with E-state index in [4.69, 9.17) is 11.6 Å². The van der Waals surface area contributed by atoms with E-state index < -0.39 is 0 Å². The first kappa shape index (κ1) is 19.4. The number of aromatic nitrogens is 2. The van der Waals surface area contributed by atoms with Gasteiger partial charge in [0.05, 0.1) is 5.69 Å². The Kier molecular flexibility index (Phi) is 6.13. The van der Waals surface area contributed by atoms with Crippen LogP contribution in [0.3, 0.4) is 0 Å². The number of fused-ring (bicyclic) bond motifs is 1. The minimum absolute atomic E-state index is 0.229. The number of rotatable bonds is 6. The maximum absolute atomic E-state index is 12.7. The van der Waals surface area contributed by atoms with Crippen LogP contribution in [0.4, 0.5) is 5.69 Å². The summed E-state index contributed by atoms with van der Waals surface area (Å²) in [7, 11) is 3.90. The quantitative estimate of drug-likeness (QED) is 0.795. The van der Waals surface area contributed by atoms with Gasteiger partial charge in [0.25, 0.3) is 11.8 Å². The zero-order valence-electron chi connectivity index (χ0n) is 15.6. The molecule has 27 heavy (non-hydrogen) atoms. The van der Waals surface area contributed by atoms with E-state index in [0.29, 0.717) is 29.5 Å². The van der Waals surface area contributed by atoms with Crippen LogP contribution in [0.2, 0.25) is 5.02 Å². The number of hydrogen-bond acceptors (Lipinski definition) is 4. The van der Waals surface area contributed by atoms with Crippen molar-refractivity contribution in [3.8, 4) is 0 Å². The van der Waals surface area contributed by atoms with Crippen molar-refractivity contribution in [3.05, 3.63) is 46.5 Å². The van der Waals surface area contributed by atoms with Gasteiger partial charge in [-0.05, 0) is 57.6 Å². The second-order valence-corrected chi connectivity index (χ2v) is 7.30. The number of amides is 2. The van der Waals surface area contributed by atoms with Crippen LogP contribution in [0.15, 0.2) is 24.3 Å². The van der Waals surface area contributed by atoms with Crippen LogP contribution in [0.25, 0.3) is 0 Å². The number of nitrogens with zero attached hydrogens (tertiary/aromatic N) is 3. The average molecular weight is 390 g/mol. The summed E-state index contributed by atoms with van der Waals surface area (Å²) in [5.41, 5.74) is 1.83. The average Bonchev–Trinajstić information content (AvgIpc) is 3.03. The molecular formula is C19H24ClN5O2. The Morgan fingerprint density at radius 3 is 2.63 bits per heavy atom. The molecule has 2 N–H and O–H groups in total. The second-order valence-electron chi connectivity index (χ2n) is 6.86. The highest BCUT2D eigenvalue weighted by Crippen LogP contribution is 2.22. The Morgan fingerprint density at radius 2 is 1.93 bits per heavy atom. The van der Waals surface area contributed by atoms with Crippen molar-refractivity contribution in [2.45, 2.75) is 25.8 Å². The summed E-state index contributed by atoms with van der Waals surface area (Å²) in [6.45, 7) is 1.97. The first-order chi connectivity index (χ1) is 13.0. The molecule has 0 unspecified atom stereocenters. The lowest BCUT2D eigenvalue weighted by molar-refractivity contribution is 0.0945. The van der Waals surface area contributed by atoms with Gasteiger partial charge in [0.1, 0.15) is 5.69 Å². The van der Waals surface area contributed by atoms with E-state index in [1.807, 2.05) is 23.6 Å². The van der Waals surface area contributed by atoms with Crippen molar-refractivity contribution in [2.75, 3.05) is 32.5 Å². The second kappa shape index (κ2) is 8.54. The summed E-state index contributed by atoms with van der Waals surface area (Å²) in [6.07, 6.45) is 2.70. The van der Waals surface area contributed by atoms with Gasteiger partial charge in [0.2, 0.25) is 0 Å². The predicted octanol–water partition coefficient (Wildman–Crippen LogP) is 2.42. The van der Waals surface area contributed by atoms with Crippen molar-refractivity contribution in [3.63, 3.8) is 0 Å². The van der Waals surface area contributed by atoms with E-state index in [9.17, 15) is 9.59 Å². The topological polar surface area (TPSA) is 79.3 Å². The summed E-state index contributed by atoms with van der Waals surface area (Å²) >= 11 is 5.88. The number of carbonyl (C=O) groups excluding carboxylic acids is 2. The fourth-order valence-corrected chi connectivity index (χ4v) is 3.22. The Balaban J connectivity index is 1.80. The van der Waals surface area contributed by atoms with Gasteiger partial charge in [-0.1, -0.05) is 11.6 Å². The lowest BCUT2D eigenvalue weighted by atomic mass is 10.1. The van der Waals surface area contributed by atoms with Crippen LogP contribution >= 0.6 is 11.6 Å². The number of likely N-dealkylation sites (N-methyl/N-ethyl adjacent to an activating group) is 1. The molecule has 1 aliphatic heterocycles. The summed E-state index contributed by atoms with van der Waals surface area (Å²) < 4.78 is 1.87. The summed E-state index contributed by atoms with van der Waals surface area (Å²) in [6, 6.07) is 6.88. The third-order valence-corrected chi connectivity index (χ3v) is 4.73. The van der Waals surface area contributed by atoms with Crippen LogP contribution in [-0.2, 0) is 13.0 Å². The third kappa shape index (κ3) is 4.67. The standard InChI is InChI=1S/C19H24ClN5O2/c1-24(2)12-10-21-18(26)16-15-5-3-4-11-25(15)17(23-16)19(27)22-14-8-6-13(20)7-9-14/h6-9H,3-5,10-12H2,1-2H3,(H,21,26)(H,22,27). The molecule has 1 aromatic heterocycles. The fourth-order valence-electron chi connectivity index (χ4n) is 3.10. The molecule has 0 radical (unpaired) electrons. The predicted molar refractivity (Wildman–Crippen MR) is 105 cm³/mol. The zero-order chi connectivity index (χ0) is 19.4. The molecule has 7 nitrogen and oxygen atoms in total. The van der Waals surface area contributed by atoms with Gasteiger partial charge >= 0.3 is 0 Å². The van der Waals surface area contributed by atoms with Gasteiger partial charge in [-0.25, -0.2) is 4.98 Å². The molecule has 0 saturated heterocycles. The van der Waals surface area contributed by atoms with Gasteiger partial charge in [-0.3, -0.25) is 9.59 Å². The summed E-state index contributed by atoms with van der Waals surface area (Å²) in [4.78, 5) is 31.7. The molecule has 2 heterocycles. The molecule has 8 heteroatoms. The molecule has 0 bridgehead atoms. The van der Waals surface area contributed by atoms with Crippen LogP contribution in [0, 0.1) is 0 Å². The number of carbonyl (C=O) groups is 2. The highest BCUT2D eigenvalue weighted by molar-refractivity contribution is 6.30. The number of benzene rings is 1. The Labute approximate surface area is 163 Å². The Bertz CT molecular complexity index is 829. The van der Waals surface area contributed by atoms with Crippen molar-refractivity contribution in [2.24, 2.45) is 0 Å². The third-order valence-electron chi connectivity index (χ3n) is 4.48. The summed E-state index contributed by atoms with van der Waals surface area (Å²) in [5.74, 6) is -0.279. The lowest BCUT2D eigenvalue weighted by Crippen LogP contribution is -2.32. The van der Waals surface area contributed by atoms with Crippen LogP contribution in [0.5, 0.6) is 0 Å². The monoisotopic (exact) mass is 389 g/mol. The van der Waals surface area contributed by atoms with Crippen molar-refractivity contribution < 1.29 is 9.59 Å². The maximum Gasteiger partial charge on any atom is 0.291 e. The Hall–Kier alpha value is -2.38. The normalized spacial score (nSPS) is 13.3. The molecule has 0 spiro atoms. The molecule has 144 valence electrons. The number of halogens is 1. The molecule has 3 rings (SSSR count). The largest absolute Gasteiger partial charge is 0.349 e. The number of imidazole rings is 1. The van der Waals surface area contributed by atoms with Crippen molar-refractivity contribution in [1.29, 1.82) is 0 Å². The number of hydrogen-bond donors (Lipinski definition) is 2. The molecule has 0 atom stereocenters. The molecular weight excluding hydrogens is 366 g/mol. The molecule has 1 aromatic carbocycles. The highest BCUT2D eigenvalue weighted by atomic mass is 35.5. The highest BCUT2D eigenvalue weighted by Gasteiger charge is 2.27. The molecule has 0 fully saturated rings. The van der Waals surface area contributed by atoms with Crippen LogP contribution < -0.4 is 10.6 Å². The first-order valence-corrected chi connectivity index (χ1v) is 9.42.